The zero-order valence-corrected chi connectivity index (χ0v) is 42.5. The molecule has 0 aromatic carbocycles. The number of ether oxygens (including phenoxy) is 13. The lowest BCUT2D eigenvalue weighted by Gasteiger charge is -2.48. The third kappa shape index (κ3) is 19.9. The van der Waals surface area contributed by atoms with E-state index in [2.05, 4.69) is 60.7 Å². The Balaban J connectivity index is 1.87. The minimum Gasteiger partial charge on any atom is -0.456 e. The van der Waals surface area contributed by atoms with Crippen LogP contribution in [-0.4, -0.2) is 180 Å². The lowest BCUT2D eigenvalue weighted by molar-refractivity contribution is -0.376. The number of esters is 6. The number of hydrogen-bond acceptors (Lipinski definition) is 27. The Kier molecular flexibility index (Phi) is 26.0. The molecule has 10 atom stereocenters. The zero-order valence-electron chi connectivity index (χ0n) is 42.5. The largest absolute Gasteiger partial charge is 0.456 e. The van der Waals surface area contributed by atoms with Crippen LogP contribution in [-0.2, 0) is 130 Å². The molecule has 37 heteroatoms. The average molecular weight is 1090 g/mol. The smallest absolute Gasteiger partial charge is 0.303 e. The summed E-state index contributed by atoms with van der Waals surface area (Å²) in [4.78, 5) is 88.2. The standard InChI is InChI=1S/C40H56N18O19/c1-21(59)69-33-31(15-57-29(19-67-13-9-47-53-43)27(49-55-57)17-65-11-7-45-51-41)75-39(37(73-25(5)63)35(33)71-23(3)61)77-40-38(74-26(6)64)36(72-24(4)62)34(70-22(2)60)32(76-40)16-58-30(20-68-14-10-48-54-44)28(50-56-58)18-66-12-8-46-52-42/h31-40H,7-20H2,1-6H3/t31-,32-,33-,34-,35+,36+,37-,38-,39-,40-/m1/s1. The summed E-state index contributed by atoms with van der Waals surface area (Å²) in [7, 11) is 0. The topological polar surface area (TPSA) is 479 Å². The van der Waals surface area contributed by atoms with Crippen molar-refractivity contribution in [1.82, 2.24) is 30.0 Å². The lowest BCUT2D eigenvalue weighted by atomic mass is 9.96. The zero-order chi connectivity index (χ0) is 56.3. The molecule has 4 heterocycles. The van der Waals surface area contributed by atoms with Crippen LogP contribution < -0.4 is 0 Å². The highest BCUT2D eigenvalue weighted by molar-refractivity contribution is 5.69. The summed E-state index contributed by atoms with van der Waals surface area (Å²) in [5.74, 6) is -5.74. The summed E-state index contributed by atoms with van der Waals surface area (Å²) in [6.45, 7) is 4.11. The van der Waals surface area contributed by atoms with E-state index >= 15 is 0 Å². The molecule has 0 bridgehead atoms. The summed E-state index contributed by atoms with van der Waals surface area (Å²) in [5.41, 5.74) is 35.8. The van der Waals surface area contributed by atoms with Crippen LogP contribution in [0.5, 0.6) is 0 Å². The van der Waals surface area contributed by atoms with E-state index in [1.54, 1.807) is 0 Å². The van der Waals surface area contributed by atoms with Crippen LogP contribution in [0.15, 0.2) is 20.5 Å². The molecule has 0 amide bonds. The van der Waals surface area contributed by atoms with Crippen LogP contribution in [0.3, 0.4) is 0 Å². The first-order chi connectivity index (χ1) is 37.0. The molecule has 0 radical (unpaired) electrons. The van der Waals surface area contributed by atoms with Gasteiger partial charge in [-0.3, -0.25) is 28.8 Å². The van der Waals surface area contributed by atoms with Crippen molar-refractivity contribution in [2.75, 3.05) is 52.6 Å². The third-order valence-corrected chi connectivity index (χ3v) is 10.4. The number of carbonyl (C=O) groups is 6. The Bertz CT molecular complexity index is 2360. The molecule has 0 unspecified atom stereocenters. The van der Waals surface area contributed by atoms with Gasteiger partial charge in [-0.1, -0.05) is 30.9 Å². The van der Waals surface area contributed by atoms with Crippen LogP contribution in [0.4, 0.5) is 0 Å². The number of nitrogens with zero attached hydrogens (tertiary/aromatic N) is 18. The molecule has 2 aliphatic rings. The molecule has 0 aliphatic carbocycles. The maximum atomic E-state index is 12.9. The summed E-state index contributed by atoms with van der Waals surface area (Å²) >= 11 is 0. The minimum atomic E-state index is -1.97. The van der Waals surface area contributed by atoms with Gasteiger partial charge in [-0.2, -0.15) is 0 Å². The lowest BCUT2D eigenvalue weighted by Crippen LogP contribution is -2.66. The maximum Gasteiger partial charge on any atom is 0.303 e. The summed E-state index contributed by atoms with van der Waals surface area (Å²) < 4.78 is 78.9. The quantitative estimate of drug-likeness (QED) is 0.0252. The van der Waals surface area contributed by atoms with E-state index in [1.807, 2.05) is 0 Å². The predicted octanol–water partition coefficient (Wildman–Crippen LogP) is 1.93. The molecule has 2 aromatic heterocycles. The van der Waals surface area contributed by atoms with Crippen molar-refractivity contribution in [3.8, 4) is 0 Å². The second-order valence-corrected chi connectivity index (χ2v) is 16.0. The van der Waals surface area contributed by atoms with Crippen molar-refractivity contribution in [3.05, 3.63) is 64.5 Å². The fourth-order valence-corrected chi connectivity index (χ4v) is 7.54. The molecule has 2 saturated heterocycles. The Labute approximate surface area is 435 Å². The number of aromatic nitrogens is 6. The highest BCUT2D eigenvalue weighted by atomic mass is 16.8. The van der Waals surface area contributed by atoms with Gasteiger partial charge in [0.05, 0.1) is 77.3 Å². The number of rotatable bonds is 32. The second-order valence-electron chi connectivity index (χ2n) is 16.0. The van der Waals surface area contributed by atoms with Gasteiger partial charge in [-0.05, 0) is 22.1 Å². The van der Waals surface area contributed by atoms with Crippen molar-refractivity contribution in [2.24, 2.45) is 20.5 Å². The van der Waals surface area contributed by atoms with Crippen molar-refractivity contribution in [1.29, 1.82) is 0 Å². The van der Waals surface area contributed by atoms with Gasteiger partial charge in [0.1, 0.15) is 23.6 Å². The Morgan fingerprint density at radius 1 is 0.455 bits per heavy atom. The highest BCUT2D eigenvalue weighted by Gasteiger charge is 2.58. The molecule has 77 heavy (non-hydrogen) atoms. The van der Waals surface area contributed by atoms with Crippen molar-refractivity contribution in [3.63, 3.8) is 0 Å². The predicted molar refractivity (Wildman–Crippen MR) is 246 cm³/mol. The molecular weight excluding hydrogens is 1040 g/mol. The van der Waals surface area contributed by atoms with Crippen molar-refractivity contribution < 1.29 is 90.3 Å². The Morgan fingerprint density at radius 3 is 1.04 bits per heavy atom. The minimum absolute atomic E-state index is 0.0147. The average Bonchev–Trinajstić information content (AvgIpc) is 3.93. The summed E-state index contributed by atoms with van der Waals surface area (Å²) in [5, 5.41) is 30.6. The van der Waals surface area contributed by atoms with Gasteiger partial charge in [0.2, 0.25) is 12.6 Å². The molecule has 0 N–H and O–H groups in total. The molecule has 37 nitrogen and oxygen atoms in total. The van der Waals surface area contributed by atoms with Crippen LogP contribution in [0, 0.1) is 0 Å². The van der Waals surface area contributed by atoms with E-state index in [0.717, 1.165) is 41.5 Å². The van der Waals surface area contributed by atoms with Gasteiger partial charge in [0.25, 0.3) is 0 Å². The molecule has 420 valence electrons. The van der Waals surface area contributed by atoms with E-state index in [-0.39, 0.29) is 102 Å². The van der Waals surface area contributed by atoms with Crippen LogP contribution >= 0.6 is 0 Å². The van der Waals surface area contributed by atoms with Crippen molar-refractivity contribution in [2.45, 2.75) is 142 Å². The van der Waals surface area contributed by atoms with E-state index in [9.17, 15) is 28.8 Å². The number of carbonyl (C=O) groups excluding carboxylic acids is 6. The van der Waals surface area contributed by atoms with E-state index < -0.39 is 110 Å². The SMILES string of the molecule is CC(=O)O[C@@H]1[C@@H](OC(C)=O)[C@@H](O[C@H]2O[C@H](Cn3nnc(COCCN=[N+]=[N-])c3COCCN=[N+]=[N-])[C@@H](OC(C)=O)[C@H](OC(C)=O)[C@H]2OC(C)=O)O[C@H](Cn2nnc(COCCN=[N+]=[N-])c2COCCN=[N+]=[N-])[C@H]1OC(C)=O. The molecule has 2 aromatic rings. The molecular formula is C40H56N18O19. The van der Waals surface area contributed by atoms with Gasteiger partial charge >= 0.3 is 35.8 Å². The number of hydrogen-bond donors (Lipinski definition) is 0. The van der Waals surface area contributed by atoms with Gasteiger partial charge in [-0.15, -0.1) is 10.2 Å². The highest BCUT2D eigenvalue weighted by Crippen LogP contribution is 2.36. The van der Waals surface area contributed by atoms with Gasteiger partial charge in [0.15, 0.2) is 36.6 Å². The Hall–Kier alpha value is -7.94. The number of azide groups is 4. The van der Waals surface area contributed by atoms with Gasteiger partial charge in [-0.25, -0.2) is 9.36 Å². The first kappa shape index (κ1) is 61.6. The fraction of sp³-hybridized carbons (Fsp3) is 0.750. The van der Waals surface area contributed by atoms with E-state index in [1.165, 1.54) is 9.36 Å². The summed E-state index contributed by atoms with van der Waals surface area (Å²) in [6, 6.07) is 0. The molecule has 2 aliphatic heterocycles. The van der Waals surface area contributed by atoms with Gasteiger partial charge < -0.3 is 61.6 Å². The fourth-order valence-electron chi connectivity index (χ4n) is 7.54. The van der Waals surface area contributed by atoms with E-state index in [4.69, 9.17) is 83.7 Å². The normalized spacial score (nSPS) is 22.6. The molecule has 4 rings (SSSR count). The molecule has 2 fully saturated rings. The second kappa shape index (κ2) is 32.5. The molecule has 0 saturated carbocycles. The third-order valence-electron chi connectivity index (χ3n) is 10.4. The Morgan fingerprint density at radius 2 is 0.740 bits per heavy atom. The monoisotopic (exact) mass is 1090 g/mol. The molecule has 0 spiro atoms. The maximum absolute atomic E-state index is 12.9. The first-order valence-corrected chi connectivity index (χ1v) is 23.2. The van der Waals surface area contributed by atoms with Crippen molar-refractivity contribution >= 4 is 35.8 Å². The van der Waals surface area contributed by atoms with Crippen LogP contribution in [0.1, 0.15) is 64.3 Å². The summed E-state index contributed by atoms with van der Waals surface area (Å²) in [6.07, 6.45) is -17.4. The van der Waals surface area contributed by atoms with E-state index in [0.29, 0.717) is 0 Å². The van der Waals surface area contributed by atoms with Crippen LogP contribution in [0.25, 0.3) is 41.8 Å². The van der Waals surface area contributed by atoms with Crippen LogP contribution in [0.2, 0.25) is 0 Å². The van der Waals surface area contributed by atoms with Gasteiger partial charge in [0, 0.05) is 87.4 Å². The first-order valence-electron chi connectivity index (χ1n) is 23.2.